The van der Waals surface area contributed by atoms with Crippen LogP contribution in [-0.2, 0) is 6.42 Å². The van der Waals surface area contributed by atoms with Gasteiger partial charge in [0.25, 0.3) is 11.6 Å². The summed E-state index contributed by atoms with van der Waals surface area (Å²) in [4.78, 5) is 10.6. The highest BCUT2D eigenvalue weighted by Gasteiger charge is 2.20. The average molecular weight is 290 g/mol. The van der Waals surface area contributed by atoms with E-state index in [9.17, 15) is 10.1 Å². The first-order chi connectivity index (χ1) is 9.97. The second-order valence-electron chi connectivity index (χ2n) is 5.14. The molecule has 0 radical (unpaired) electrons. The molecule has 0 saturated carbocycles. The molecule has 2 rings (SSSR count). The van der Waals surface area contributed by atoms with Crippen LogP contribution in [0.25, 0.3) is 11.5 Å². The second kappa shape index (κ2) is 6.45. The quantitative estimate of drug-likeness (QED) is 0.649. The number of benzene rings is 1. The molecule has 2 aromatic rings. The van der Waals surface area contributed by atoms with Crippen molar-refractivity contribution in [1.82, 2.24) is 15.5 Å². The molecule has 1 N–H and O–H groups in total. The first-order valence-electron chi connectivity index (χ1n) is 6.78. The molecule has 0 bridgehead atoms. The van der Waals surface area contributed by atoms with Crippen LogP contribution in [0.1, 0.15) is 25.3 Å². The van der Waals surface area contributed by atoms with E-state index in [2.05, 4.69) is 29.4 Å². The predicted molar refractivity (Wildman–Crippen MR) is 78.0 cm³/mol. The van der Waals surface area contributed by atoms with Gasteiger partial charge < -0.3 is 9.73 Å². The minimum atomic E-state index is -0.445. The molecule has 7 heteroatoms. The summed E-state index contributed by atoms with van der Waals surface area (Å²) in [5, 5.41) is 22.2. The van der Waals surface area contributed by atoms with Crippen molar-refractivity contribution >= 4 is 5.69 Å². The molecule has 0 spiro atoms. The van der Waals surface area contributed by atoms with Crippen molar-refractivity contribution in [3.63, 3.8) is 0 Å². The molecule has 0 unspecified atom stereocenters. The standard InChI is InChI=1S/C14H18N4O3/c1-9(2)15-7-6-13-16-17-14(21-13)11-8-10(3)4-5-12(11)18(19)20/h4-5,8-9,15H,6-7H2,1-3H3. The molecule has 112 valence electrons. The fourth-order valence-corrected chi connectivity index (χ4v) is 1.91. The number of nitrogens with zero attached hydrogens (tertiary/aromatic N) is 3. The lowest BCUT2D eigenvalue weighted by atomic mass is 10.1. The van der Waals surface area contributed by atoms with Gasteiger partial charge in [-0.15, -0.1) is 10.2 Å². The summed E-state index contributed by atoms with van der Waals surface area (Å²) in [6.45, 7) is 6.68. The molecule has 1 aromatic carbocycles. The molecule has 7 nitrogen and oxygen atoms in total. The Labute approximate surface area is 122 Å². The molecule has 0 aliphatic heterocycles. The molecule has 0 atom stereocenters. The summed E-state index contributed by atoms with van der Waals surface area (Å²) >= 11 is 0. The van der Waals surface area contributed by atoms with Gasteiger partial charge in [0.15, 0.2) is 0 Å². The molecular weight excluding hydrogens is 272 g/mol. The van der Waals surface area contributed by atoms with E-state index in [-0.39, 0.29) is 11.6 Å². The van der Waals surface area contributed by atoms with E-state index in [0.29, 0.717) is 23.9 Å². The van der Waals surface area contributed by atoms with Crippen molar-refractivity contribution in [1.29, 1.82) is 0 Å². The van der Waals surface area contributed by atoms with Crippen LogP contribution in [0.5, 0.6) is 0 Å². The van der Waals surface area contributed by atoms with Gasteiger partial charge in [-0.1, -0.05) is 19.9 Å². The molecule has 0 fully saturated rings. The lowest BCUT2D eigenvalue weighted by Crippen LogP contribution is -2.25. The maximum absolute atomic E-state index is 11.1. The van der Waals surface area contributed by atoms with Crippen LogP contribution in [0.15, 0.2) is 22.6 Å². The highest BCUT2D eigenvalue weighted by molar-refractivity contribution is 5.67. The summed E-state index contributed by atoms with van der Waals surface area (Å²) < 4.78 is 5.53. The fourth-order valence-electron chi connectivity index (χ4n) is 1.91. The molecule has 1 aromatic heterocycles. The van der Waals surface area contributed by atoms with E-state index in [1.807, 2.05) is 6.92 Å². The molecule has 0 amide bonds. The topological polar surface area (TPSA) is 94.1 Å². The Bertz CT molecular complexity index is 637. The smallest absolute Gasteiger partial charge is 0.282 e. The maximum atomic E-state index is 11.1. The SMILES string of the molecule is Cc1ccc([N+](=O)[O-])c(-c2nnc(CCNC(C)C)o2)c1. The summed E-state index contributed by atoms with van der Waals surface area (Å²) in [5.41, 5.74) is 1.23. The van der Waals surface area contributed by atoms with Gasteiger partial charge in [0, 0.05) is 25.1 Å². The van der Waals surface area contributed by atoms with Gasteiger partial charge in [0.2, 0.25) is 5.89 Å². The Morgan fingerprint density at radius 3 is 2.81 bits per heavy atom. The first-order valence-corrected chi connectivity index (χ1v) is 6.78. The Kier molecular flexibility index (Phi) is 4.64. The van der Waals surface area contributed by atoms with E-state index >= 15 is 0 Å². The number of hydrogen-bond donors (Lipinski definition) is 1. The van der Waals surface area contributed by atoms with Gasteiger partial charge in [-0.3, -0.25) is 10.1 Å². The van der Waals surface area contributed by atoms with Crippen molar-refractivity contribution < 1.29 is 9.34 Å². The van der Waals surface area contributed by atoms with Gasteiger partial charge in [-0.2, -0.15) is 0 Å². The van der Waals surface area contributed by atoms with Crippen molar-refractivity contribution in [2.75, 3.05) is 6.54 Å². The lowest BCUT2D eigenvalue weighted by molar-refractivity contribution is -0.384. The van der Waals surface area contributed by atoms with Gasteiger partial charge in [0.1, 0.15) is 5.56 Å². The van der Waals surface area contributed by atoms with E-state index in [4.69, 9.17) is 4.42 Å². The highest BCUT2D eigenvalue weighted by Crippen LogP contribution is 2.29. The number of aromatic nitrogens is 2. The van der Waals surface area contributed by atoms with E-state index in [0.717, 1.165) is 12.1 Å². The number of hydrogen-bond acceptors (Lipinski definition) is 6. The molecule has 0 aliphatic carbocycles. The average Bonchev–Trinajstić information content (AvgIpc) is 2.86. The third kappa shape index (κ3) is 3.85. The molecule has 21 heavy (non-hydrogen) atoms. The minimum Gasteiger partial charge on any atom is -0.420 e. The van der Waals surface area contributed by atoms with Crippen LogP contribution in [0.4, 0.5) is 5.69 Å². The largest absolute Gasteiger partial charge is 0.420 e. The third-order valence-electron chi connectivity index (χ3n) is 2.94. The lowest BCUT2D eigenvalue weighted by Gasteiger charge is -2.04. The zero-order valence-corrected chi connectivity index (χ0v) is 12.3. The molecule has 0 aliphatic rings. The van der Waals surface area contributed by atoms with Gasteiger partial charge in [-0.05, 0) is 18.6 Å². The number of nitrogens with one attached hydrogen (secondary N) is 1. The van der Waals surface area contributed by atoms with Crippen LogP contribution in [0.3, 0.4) is 0 Å². The van der Waals surface area contributed by atoms with Crippen LogP contribution in [0.2, 0.25) is 0 Å². The Morgan fingerprint density at radius 2 is 2.14 bits per heavy atom. The van der Waals surface area contributed by atoms with Crippen LogP contribution < -0.4 is 5.32 Å². The number of nitro benzene ring substituents is 1. The van der Waals surface area contributed by atoms with E-state index in [1.54, 1.807) is 12.1 Å². The Morgan fingerprint density at radius 1 is 1.38 bits per heavy atom. The number of nitro groups is 1. The summed E-state index contributed by atoms with van der Waals surface area (Å²) in [5.74, 6) is 0.652. The van der Waals surface area contributed by atoms with Crippen LogP contribution in [0, 0.1) is 17.0 Å². The van der Waals surface area contributed by atoms with Crippen LogP contribution in [-0.4, -0.2) is 27.7 Å². The minimum absolute atomic E-state index is 0.0314. The van der Waals surface area contributed by atoms with Gasteiger partial charge in [-0.25, -0.2) is 0 Å². The van der Waals surface area contributed by atoms with Crippen molar-refractivity contribution in [2.45, 2.75) is 33.2 Å². The van der Waals surface area contributed by atoms with Gasteiger partial charge in [0.05, 0.1) is 4.92 Å². The van der Waals surface area contributed by atoms with Gasteiger partial charge >= 0.3 is 0 Å². The highest BCUT2D eigenvalue weighted by atomic mass is 16.6. The Balaban J connectivity index is 2.21. The zero-order chi connectivity index (χ0) is 15.4. The molecule has 1 heterocycles. The third-order valence-corrected chi connectivity index (χ3v) is 2.94. The number of aryl methyl sites for hydroxylation is 1. The number of rotatable bonds is 6. The fraction of sp³-hybridized carbons (Fsp3) is 0.429. The maximum Gasteiger partial charge on any atom is 0.282 e. The second-order valence-corrected chi connectivity index (χ2v) is 5.14. The van der Waals surface area contributed by atoms with E-state index < -0.39 is 4.92 Å². The summed E-state index contributed by atoms with van der Waals surface area (Å²) in [6.07, 6.45) is 0.588. The predicted octanol–water partition coefficient (Wildman–Crippen LogP) is 2.49. The monoisotopic (exact) mass is 290 g/mol. The summed E-state index contributed by atoms with van der Waals surface area (Å²) in [6, 6.07) is 5.20. The van der Waals surface area contributed by atoms with Crippen LogP contribution >= 0.6 is 0 Å². The van der Waals surface area contributed by atoms with Crippen molar-refractivity contribution in [2.24, 2.45) is 0 Å². The molecular formula is C14H18N4O3. The first kappa shape index (κ1) is 15.1. The normalized spacial score (nSPS) is 11.0. The van der Waals surface area contributed by atoms with Crippen molar-refractivity contribution in [3.8, 4) is 11.5 Å². The zero-order valence-electron chi connectivity index (χ0n) is 12.3. The van der Waals surface area contributed by atoms with E-state index in [1.165, 1.54) is 6.07 Å². The Hall–Kier alpha value is -2.28. The summed E-state index contributed by atoms with van der Waals surface area (Å²) in [7, 11) is 0. The molecule has 0 saturated heterocycles. The van der Waals surface area contributed by atoms with Crippen molar-refractivity contribution in [3.05, 3.63) is 39.8 Å².